The van der Waals surface area contributed by atoms with Crippen LogP contribution in [0.5, 0.6) is 0 Å². The summed E-state index contributed by atoms with van der Waals surface area (Å²) < 4.78 is 2.36. The van der Waals surface area contributed by atoms with Crippen molar-refractivity contribution in [2.75, 3.05) is 4.90 Å². The van der Waals surface area contributed by atoms with Crippen LogP contribution in [-0.2, 0) is 0 Å². The van der Waals surface area contributed by atoms with Crippen molar-refractivity contribution in [1.29, 1.82) is 0 Å². The second-order valence-corrected chi connectivity index (χ2v) is 15.7. The first-order valence-electron chi connectivity index (χ1n) is 20.8. The Balaban J connectivity index is 1.05. The number of benzene rings is 10. The molecule has 0 aliphatic carbocycles. The molecule has 11 aromatic rings. The van der Waals surface area contributed by atoms with Crippen molar-refractivity contribution in [3.63, 3.8) is 0 Å². The van der Waals surface area contributed by atoms with Gasteiger partial charge in [-0.1, -0.05) is 145 Å². The number of hydrogen-bond donors (Lipinski definition) is 0. The molecule has 0 spiro atoms. The van der Waals surface area contributed by atoms with Crippen LogP contribution in [-0.4, -0.2) is 4.57 Å². The molecule has 2 nitrogen and oxygen atoms in total. The molecule has 0 aliphatic heterocycles. The maximum absolute atomic E-state index is 5.85. The maximum Gasteiger partial charge on any atom is 0.0543 e. The highest BCUT2D eigenvalue weighted by atomic mass is 15.1. The second-order valence-electron chi connectivity index (χ2n) is 15.7. The summed E-state index contributed by atoms with van der Waals surface area (Å²) in [6.45, 7) is 2.20. The average molecular weight is 777 g/mol. The standard InChI is InChI=1S/C59H40N2/c1-3-4-20-50-40(2)49-21-10-8-17-45(49)39-59(50)60(48-34-29-42(30-35-48)55-38-44-16-9-11-22-51(44)52-23-12-13-24-53(52)55)47-32-27-41(28-33-47)43-31-36-58-56(37-43)54-25-14-15-26-57(54)61(58)46-18-6-5-7-19-46/h1,4-39H,2H3/b20-4-. The number of aromatic nitrogens is 1. The molecule has 0 saturated heterocycles. The summed E-state index contributed by atoms with van der Waals surface area (Å²) >= 11 is 0. The van der Waals surface area contributed by atoms with Gasteiger partial charge in [-0.05, 0) is 146 Å². The fourth-order valence-electron chi connectivity index (χ4n) is 9.37. The number of fused-ring (bicyclic) bond motifs is 7. The zero-order valence-corrected chi connectivity index (χ0v) is 33.8. The predicted octanol–water partition coefficient (Wildman–Crippen LogP) is 16.0. The maximum atomic E-state index is 5.85. The molecule has 0 unspecified atom stereocenters. The molecule has 61 heavy (non-hydrogen) atoms. The third-order valence-corrected chi connectivity index (χ3v) is 12.3. The van der Waals surface area contributed by atoms with Gasteiger partial charge in [-0.3, -0.25) is 0 Å². The summed E-state index contributed by atoms with van der Waals surface area (Å²) in [6.07, 6.45) is 9.73. The first-order chi connectivity index (χ1) is 30.1. The van der Waals surface area contributed by atoms with E-state index in [1.807, 2.05) is 0 Å². The number of nitrogens with zero attached hydrogens (tertiary/aromatic N) is 2. The summed E-state index contributed by atoms with van der Waals surface area (Å²) in [5, 5.41) is 9.88. The molecular weight excluding hydrogens is 737 g/mol. The lowest BCUT2D eigenvalue weighted by molar-refractivity contribution is 1.18. The molecule has 0 bridgehead atoms. The van der Waals surface area contributed by atoms with Gasteiger partial charge in [-0.2, -0.15) is 0 Å². The van der Waals surface area contributed by atoms with E-state index >= 15 is 0 Å². The van der Waals surface area contributed by atoms with Crippen LogP contribution in [0.15, 0.2) is 212 Å². The number of hydrogen-bond acceptors (Lipinski definition) is 1. The summed E-state index contributed by atoms with van der Waals surface area (Å²) in [4.78, 5) is 2.37. The molecule has 0 fully saturated rings. The Morgan fingerprint density at radius 3 is 1.74 bits per heavy atom. The minimum absolute atomic E-state index is 1.06. The molecule has 2 heteroatoms. The van der Waals surface area contributed by atoms with Crippen molar-refractivity contribution in [1.82, 2.24) is 4.57 Å². The Kier molecular flexibility index (Phi) is 8.80. The molecule has 10 aromatic carbocycles. The fourth-order valence-corrected chi connectivity index (χ4v) is 9.37. The molecule has 0 amide bonds. The van der Waals surface area contributed by atoms with Crippen LogP contribution in [0, 0.1) is 19.3 Å². The van der Waals surface area contributed by atoms with Gasteiger partial charge in [-0.25, -0.2) is 0 Å². The lowest BCUT2D eigenvalue weighted by Gasteiger charge is -2.29. The van der Waals surface area contributed by atoms with Crippen molar-refractivity contribution in [3.05, 3.63) is 223 Å². The van der Waals surface area contributed by atoms with E-state index in [0.29, 0.717) is 0 Å². The number of para-hydroxylation sites is 2. The molecule has 1 heterocycles. The van der Waals surface area contributed by atoms with Crippen molar-refractivity contribution in [3.8, 4) is 40.3 Å². The first kappa shape index (κ1) is 36.0. The van der Waals surface area contributed by atoms with Gasteiger partial charge < -0.3 is 9.47 Å². The molecule has 1 aromatic heterocycles. The fraction of sp³-hybridized carbons (Fsp3) is 0.0169. The zero-order valence-electron chi connectivity index (χ0n) is 33.8. The summed E-state index contributed by atoms with van der Waals surface area (Å²) in [5.41, 5.74) is 13.7. The number of terminal acetylenes is 1. The molecule has 11 rings (SSSR count). The van der Waals surface area contributed by atoms with Gasteiger partial charge in [0.2, 0.25) is 0 Å². The highest BCUT2D eigenvalue weighted by Crippen LogP contribution is 2.44. The predicted molar refractivity (Wildman–Crippen MR) is 261 cm³/mol. The molecule has 0 aliphatic rings. The van der Waals surface area contributed by atoms with Gasteiger partial charge in [0.05, 0.1) is 16.7 Å². The van der Waals surface area contributed by atoms with Crippen LogP contribution < -0.4 is 4.90 Å². The van der Waals surface area contributed by atoms with Crippen molar-refractivity contribution < 1.29 is 0 Å². The van der Waals surface area contributed by atoms with Crippen LogP contribution in [0.4, 0.5) is 17.1 Å². The van der Waals surface area contributed by atoms with E-state index in [4.69, 9.17) is 6.42 Å². The highest BCUT2D eigenvalue weighted by molar-refractivity contribution is 6.14. The second kappa shape index (κ2) is 14.9. The number of aryl methyl sites for hydroxylation is 1. The topological polar surface area (TPSA) is 8.17 Å². The van der Waals surface area contributed by atoms with Crippen LogP contribution in [0.25, 0.3) is 88.1 Å². The van der Waals surface area contributed by atoms with Gasteiger partial charge in [0.15, 0.2) is 0 Å². The van der Waals surface area contributed by atoms with Crippen molar-refractivity contribution >= 4 is 77.3 Å². The average Bonchev–Trinajstić information content (AvgIpc) is 3.66. The smallest absolute Gasteiger partial charge is 0.0543 e. The van der Waals surface area contributed by atoms with Crippen molar-refractivity contribution in [2.45, 2.75) is 6.92 Å². The number of rotatable bonds is 7. The van der Waals surface area contributed by atoms with E-state index in [0.717, 1.165) is 33.9 Å². The molecule has 0 radical (unpaired) electrons. The first-order valence-corrected chi connectivity index (χ1v) is 20.8. The summed E-state index contributed by atoms with van der Waals surface area (Å²) in [7, 11) is 0. The Morgan fingerprint density at radius 2 is 1.02 bits per heavy atom. The monoisotopic (exact) mass is 776 g/mol. The van der Waals surface area contributed by atoms with E-state index in [1.165, 1.54) is 76.4 Å². The van der Waals surface area contributed by atoms with E-state index in [9.17, 15) is 0 Å². The Morgan fingerprint density at radius 1 is 0.459 bits per heavy atom. The Hall–Kier alpha value is -8.12. The van der Waals surface area contributed by atoms with Gasteiger partial charge in [0, 0.05) is 33.4 Å². The van der Waals surface area contributed by atoms with Gasteiger partial charge in [0.25, 0.3) is 0 Å². The number of anilines is 3. The third-order valence-electron chi connectivity index (χ3n) is 12.3. The Labute approximate surface area is 355 Å². The van der Waals surface area contributed by atoms with Crippen LogP contribution >= 0.6 is 0 Å². The molecule has 286 valence electrons. The summed E-state index contributed by atoms with van der Waals surface area (Å²) in [6, 6.07) is 74.8. The Bertz CT molecular complexity index is 3530. The third kappa shape index (κ3) is 6.15. The normalized spacial score (nSPS) is 11.6. The molecular formula is C59H40N2. The highest BCUT2D eigenvalue weighted by Gasteiger charge is 2.20. The quantitative estimate of drug-likeness (QED) is 0.116. The van der Waals surface area contributed by atoms with Crippen LogP contribution in [0.2, 0.25) is 0 Å². The van der Waals surface area contributed by atoms with E-state index in [2.05, 4.69) is 235 Å². The van der Waals surface area contributed by atoms with E-state index < -0.39 is 0 Å². The summed E-state index contributed by atoms with van der Waals surface area (Å²) in [5.74, 6) is 2.75. The molecule has 0 N–H and O–H groups in total. The van der Waals surface area contributed by atoms with E-state index in [-0.39, 0.29) is 0 Å². The van der Waals surface area contributed by atoms with Gasteiger partial charge in [-0.15, -0.1) is 6.42 Å². The minimum Gasteiger partial charge on any atom is -0.310 e. The molecule has 0 atom stereocenters. The van der Waals surface area contributed by atoms with E-state index in [1.54, 1.807) is 6.08 Å². The lowest BCUT2D eigenvalue weighted by Crippen LogP contribution is -2.12. The largest absolute Gasteiger partial charge is 0.310 e. The number of allylic oxidation sites excluding steroid dienone is 1. The lowest BCUT2D eigenvalue weighted by atomic mass is 9.93. The SMILES string of the molecule is C#C/C=C\c1c(N(c2ccc(-c3ccc4c(c3)c3ccccc3n4-c3ccccc3)cc2)c2ccc(-c3cc4ccccc4c4ccccc34)cc2)cc2ccccc2c1C. The van der Waals surface area contributed by atoms with Gasteiger partial charge >= 0.3 is 0 Å². The van der Waals surface area contributed by atoms with Gasteiger partial charge in [0.1, 0.15) is 0 Å². The zero-order chi connectivity index (χ0) is 40.9. The van der Waals surface area contributed by atoms with Crippen LogP contribution in [0.3, 0.4) is 0 Å². The van der Waals surface area contributed by atoms with Crippen molar-refractivity contribution in [2.24, 2.45) is 0 Å². The minimum atomic E-state index is 1.06. The molecule has 0 saturated carbocycles. The van der Waals surface area contributed by atoms with Crippen LogP contribution in [0.1, 0.15) is 11.1 Å².